The van der Waals surface area contributed by atoms with Crippen molar-refractivity contribution in [1.82, 2.24) is 0 Å². The van der Waals surface area contributed by atoms with Crippen molar-refractivity contribution in [2.75, 3.05) is 12.0 Å². The van der Waals surface area contributed by atoms with Crippen LogP contribution in [-0.4, -0.2) is 18.3 Å². The molecule has 0 N–H and O–H groups in total. The van der Waals surface area contributed by atoms with E-state index in [9.17, 15) is 9.59 Å². The Kier molecular flexibility index (Phi) is 4.08. The van der Waals surface area contributed by atoms with Crippen LogP contribution in [0.5, 0.6) is 5.75 Å². The van der Waals surface area contributed by atoms with E-state index in [4.69, 9.17) is 9.15 Å². The number of halogens is 1. The van der Waals surface area contributed by atoms with Gasteiger partial charge in [-0.1, -0.05) is 0 Å². The van der Waals surface area contributed by atoms with Crippen molar-refractivity contribution in [2.24, 2.45) is 0 Å². The fourth-order valence-electron chi connectivity index (χ4n) is 1.96. The number of carbonyl (C=O) groups excluding carboxylic acids is 2. The van der Waals surface area contributed by atoms with Crippen LogP contribution < -0.4 is 9.64 Å². The van der Waals surface area contributed by atoms with Crippen LogP contribution >= 0.6 is 27.7 Å². The van der Waals surface area contributed by atoms with Crippen LogP contribution in [0.15, 0.2) is 50.4 Å². The summed E-state index contributed by atoms with van der Waals surface area (Å²) in [6.45, 7) is 0. The molecule has 5 nitrogen and oxygen atoms in total. The Morgan fingerprint density at radius 2 is 1.91 bits per heavy atom. The molecular weight excluding hydrogens is 370 g/mol. The second-order valence-electron chi connectivity index (χ2n) is 4.36. The highest BCUT2D eigenvalue weighted by atomic mass is 79.9. The zero-order valence-corrected chi connectivity index (χ0v) is 13.8. The Bertz CT molecular complexity index is 766. The first-order chi connectivity index (χ1) is 10.6. The number of benzene rings is 1. The fraction of sp³-hybridized carbons (Fsp3) is 0.0667. The van der Waals surface area contributed by atoms with Crippen LogP contribution in [0.4, 0.5) is 10.5 Å². The molecule has 2 aromatic rings. The smallest absolute Gasteiger partial charge is 0.298 e. The molecule has 3 rings (SSSR count). The molecule has 1 aromatic carbocycles. The monoisotopic (exact) mass is 379 g/mol. The Morgan fingerprint density at radius 1 is 1.18 bits per heavy atom. The van der Waals surface area contributed by atoms with Gasteiger partial charge in [0.25, 0.3) is 11.1 Å². The summed E-state index contributed by atoms with van der Waals surface area (Å²) < 4.78 is 11.0. The lowest BCUT2D eigenvalue weighted by Crippen LogP contribution is -2.27. The molecule has 1 aliphatic heterocycles. The summed E-state index contributed by atoms with van der Waals surface area (Å²) in [5.74, 6) is 0.798. The SMILES string of the molecule is COc1ccc(N2C(=O)SC(=Cc3ccc(Br)o3)C2=O)cc1. The molecule has 22 heavy (non-hydrogen) atoms. The van der Waals surface area contributed by atoms with Crippen molar-refractivity contribution in [3.63, 3.8) is 0 Å². The lowest BCUT2D eigenvalue weighted by Gasteiger charge is -2.12. The maximum atomic E-state index is 12.4. The molecule has 0 atom stereocenters. The van der Waals surface area contributed by atoms with Gasteiger partial charge in [0.05, 0.1) is 17.7 Å². The molecule has 1 aliphatic rings. The Balaban J connectivity index is 1.89. The highest BCUT2D eigenvalue weighted by Gasteiger charge is 2.36. The van der Waals surface area contributed by atoms with Gasteiger partial charge < -0.3 is 9.15 Å². The zero-order chi connectivity index (χ0) is 15.7. The van der Waals surface area contributed by atoms with Gasteiger partial charge in [-0.05, 0) is 64.1 Å². The van der Waals surface area contributed by atoms with Gasteiger partial charge in [0.2, 0.25) is 0 Å². The number of amides is 2. The number of hydrogen-bond acceptors (Lipinski definition) is 5. The first kappa shape index (κ1) is 14.9. The summed E-state index contributed by atoms with van der Waals surface area (Å²) in [4.78, 5) is 26.0. The third-order valence-electron chi connectivity index (χ3n) is 2.99. The Hall–Kier alpha value is -1.99. The van der Waals surface area contributed by atoms with Crippen LogP contribution in [0.25, 0.3) is 6.08 Å². The summed E-state index contributed by atoms with van der Waals surface area (Å²) in [5, 5.41) is -0.341. The van der Waals surface area contributed by atoms with Crippen molar-refractivity contribution < 1.29 is 18.7 Å². The molecule has 0 unspecified atom stereocenters. The van der Waals surface area contributed by atoms with Gasteiger partial charge in [0.15, 0.2) is 4.67 Å². The third kappa shape index (κ3) is 2.82. The normalized spacial score (nSPS) is 16.6. The summed E-state index contributed by atoms with van der Waals surface area (Å²) in [7, 11) is 1.55. The van der Waals surface area contributed by atoms with E-state index < -0.39 is 0 Å². The van der Waals surface area contributed by atoms with E-state index in [-0.39, 0.29) is 11.1 Å². The highest BCUT2D eigenvalue weighted by Crippen LogP contribution is 2.36. The largest absolute Gasteiger partial charge is 0.497 e. The van der Waals surface area contributed by atoms with Gasteiger partial charge in [0.1, 0.15) is 11.5 Å². The lowest BCUT2D eigenvalue weighted by atomic mass is 10.2. The van der Waals surface area contributed by atoms with E-state index in [0.29, 0.717) is 26.8 Å². The number of hydrogen-bond donors (Lipinski definition) is 0. The summed E-state index contributed by atoms with van der Waals surface area (Å²) in [6, 6.07) is 10.2. The summed E-state index contributed by atoms with van der Waals surface area (Å²) in [6.07, 6.45) is 1.55. The fourth-order valence-corrected chi connectivity index (χ4v) is 3.10. The van der Waals surface area contributed by atoms with Gasteiger partial charge in [-0.25, -0.2) is 4.90 Å². The number of imide groups is 1. The summed E-state index contributed by atoms with van der Waals surface area (Å²) in [5.41, 5.74) is 0.507. The molecule has 0 bridgehead atoms. The minimum Gasteiger partial charge on any atom is -0.497 e. The third-order valence-corrected chi connectivity index (χ3v) is 4.29. The maximum absolute atomic E-state index is 12.4. The number of ether oxygens (including phenoxy) is 1. The molecular formula is C15H10BrNO4S. The van der Waals surface area contributed by atoms with Crippen LogP contribution in [0.1, 0.15) is 5.76 Å². The van der Waals surface area contributed by atoms with Crippen molar-refractivity contribution in [3.05, 3.63) is 51.7 Å². The predicted molar refractivity (Wildman–Crippen MR) is 87.9 cm³/mol. The molecule has 7 heteroatoms. The number of furan rings is 1. The highest BCUT2D eigenvalue weighted by molar-refractivity contribution is 9.10. The van der Waals surface area contributed by atoms with Gasteiger partial charge >= 0.3 is 0 Å². The number of anilines is 1. The van der Waals surface area contributed by atoms with Crippen LogP contribution in [-0.2, 0) is 4.79 Å². The number of carbonyl (C=O) groups is 2. The van der Waals surface area contributed by atoms with Gasteiger partial charge in [0, 0.05) is 6.08 Å². The molecule has 1 fully saturated rings. The molecule has 0 aliphatic carbocycles. The molecule has 1 aromatic heterocycles. The number of methoxy groups -OCH3 is 1. The van der Waals surface area contributed by atoms with Gasteiger partial charge in [-0.15, -0.1) is 0 Å². The molecule has 1 saturated heterocycles. The van der Waals surface area contributed by atoms with Crippen molar-refractivity contribution in [3.8, 4) is 5.75 Å². The Labute approximate surface area is 139 Å². The van der Waals surface area contributed by atoms with E-state index >= 15 is 0 Å². The van der Waals surface area contributed by atoms with E-state index in [1.807, 2.05) is 0 Å². The number of thioether (sulfide) groups is 1. The van der Waals surface area contributed by atoms with E-state index in [1.165, 1.54) is 0 Å². The molecule has 0 spiro atoms. The van der Waals surface area contributed by atoms with Crippen LogP contribution in [0, 0.1) is 0 Å². The van der Waals surface area contributed by atoms with E-state index in [2.05, 4.69) is 15.9 Å². The predicted octanol–water partition coefficient (Wildman–Crippen LogP) is 4.29. The van der Waals surface area contributed by atoms with Crippen LogP contribution in [0.3, 0.4) is 0 Å². The minimum atomic E-state index is -0.368. The standard InChI is InChI=1S/C15H10BrNO4S/c1-20-10-4-2-9(3-5-10)17-14(18)12(22-15(17)19)8-11-6-7-13(16)21-11/h2-8H,1H3. The topological polar surface area (TPSA) is 59.8 Å². The molecule has 112 valence electrons. The average Bonchev–Trinajstić information content (AvgIpc) is 3.03. The first-order valence-corrected chi connectivity index (χ1v) is 7.87. The number of nitrogens with zero attached hydrogens (tertiary/aromatic N) is 1. The second-order valence-corrected chi connectivity index (χ2v) is 6.13. The average molecular weight is 380 g/mol. The maximum Gasteiger partial charge on any atom is 0.298 e. The lowest BCUT2D eigenvalue weighted by molar-refractivity contribution is -0.113. The molecule has 0 saturated carbocycles. The van der Waals surface area contributed by atoms with Crippen molar-refractivity contribution in [1.29, 1.82) is 0 Å². The van der Waals surface area contributed by atoms with Gasteiger partial charge in [-0.3, -0.25) is 9.59 Å². The minimum absolute atomic E-state index is 0.322. The van der Waals surface area contributed by atoms with Gasteiger partial charge in [-0.2, -0.15) is 0 Å². The Morgan fingerprint density at radius 3 is 2.50 bits per heavy atom. The van der Waals surface area contributed by atoms with E-state index in [0.717, 1.165) is 16.7 Å². The molecule has 2 amide bonds. The second kappa shape index (κ2) is 6.02. The number of rotatable bonds is 3. The first-order valence-electron chi connectivity index (χ1n) is 6.26. The van der Waals surface area contributed by atoms with E-state index in [1.54, 1.807) is 49.6 Å². The quantitative estimate of drug-likeness (QED) is 0.744. The van der Waals surface area contributed by atoms with Crippen molar-refractivity contribution in [2.45, 2.75) is 0 Å². The zero-order valence-electron chi connectivity index (χ0n) is 11.4. The molecule has 0 radical (unpaired) electrons. The molecule has 2 heterocycles. The van der Waals surface area contributed by atoms with Crippen LogP contribution in [0.2, 0.25) is 0 Å². The summed E-state index contributed by atoms with van der Waals surface area (Å²) >= 11 is 4.08. The van der Waals surface area contributed by atoms with Crippen molar-refractivity contribution >= 4 is 50.6 Å².